The smallest absolute Gasteiger partial charge is 0.0813 e. The van der Waals surface area contributed by atoms with Crippen molar-refractivity contribution in [1.82, 2.24) is 9.88 Å². The van der Waals surface area contributed by atoms with Gasteiger partial charge in [0, 0.05) is 30.9 Å². The first-order chi connectivity index (χ1) is 8.72. The summed E-state index contributed by atoms with van der Waals surface area (Å²) in [6, 6.07) is 7.69. The van der Waals surface area contributed by atoms with Crippen LogP contribution < -0.4 is 5.32 Å². The van der Waals surface area contributed by atoms with E-state index in [1.807, 2.05) is 5.51 Å². The third kappa shape index (κ3) is 2.35. The summed E-state index contributed by atoms with van der Waals surface area (Å²) in [5.41, 5.74) is 4.23. The summed E-state index contributed by atoms with van der Waals surface area (Å²) in [6.07, 6.45) is 1.24. The van der Waals surface area contributed by atoms with Crippen molar-refractivity contribution in [2.75, 3.05) is 18.4 Å². The molecule has 0 spiro atoms. The lowest BCUT2D eigenvalue weighted by Crippen LogP contribution is -2.31. The van der Waals surface area contributed by atoms with Crippen LogP contribution in [0.2, 0.25) is 0 Å². The molecule has 1 fully saturated rings. The van der Waals surface area contributed by atoms with E-state index in [1.165, 1.54) is 23.4 Å². The molecule has 1 saturated heterocycles. The summed E-state index contributed by atoms with van der Waals surface area (Å²) >= 11 is 1.70. The van der Waals surface area contributed by atoms with Gasteiger partial charge in [-0.2, -0.15) is 0 Å². The summed E-state index contributed by atoms with van der Waals surface area (Å²) in [5.74, 6) is 0. The van der Waals surface area contributed by atoms with Gasteiger partial charge in [-0.15, -0.1) is 11.3 Å². The Morgan fingerprint density at radius 2 is 2.33 bits per heavy atom. The van der Waals surface area contributed by atoms with Crippen molar-refractivity contribution in [2.24, 2.45) is 0 Å². The van der Waals surface area contributed by atoms with Crippen molar-refractivity contribution in [1.29, 1.82) is 0 Å². The predicted molar refractivity (Wildman–Crippen MR) is 78.4 cm³/mol. The zero-order valence-electron chi connectivity index (χ0n) is 10.9. The Morgan fingerprint density at radius 3 is 3.11 bits per heavy atom. The quantitative estimate of drug-likeness (QED) is 0.919. The van der Waals surface area contributed by atoms with Gasteiger partial charge in [-0.3, -0.25) is 4.90 Å². The largest absolute Gasteiger partial charge is 0.381 e. The number of fused-ring (bicyclic) bond motifs is 1. The molecule has 2 heterocycles. The van der Waals surface area contributed by atoms with E-state index in [2.05, 4.69) is 47.2 Å². The first-order valence-electron chi connectivity index (χ1n) is 6.56. The molecule has 1 aromatic heterocycles. The van der Waals surface area contributed by atoms with Crippen LogP contribution in [0.4, 0.5) is 5.69 Å². The molecule has 1 aromatic carbocycles. The summed E-state index contributed by atoms with van der Waals surface area (Å²) in [6.45, 7) is 6.90. The number of hydrogen-bond acceptors (Lipinski definition) is 4. The lowest BCUT2D eigenvalue weighted by Gasteiger charge is -2.20. The molecule has 1 N–H and O–H groups in total. The number of nitrogens with zero attached hydrogens (tertiary/aromatic N) is 2. The summed E-state index contributed by atoms with van der Waals surface area (Å²) in [4.78, 5) is 6.84. The van der Waals surface area contributed by atoms with Crippen LogP contribution in [0.15, 0.2) is 23.7 Å². The average molecular weight is 261 g/mol. The van der Waals surface area contributed by atoms with E-state index >= 15 is 0 Å². The maximum atomic E-state index is 4.31. The number of anilines is 1. The summed E-state index contributed by atoms with van der Waals surface area (Å²) < 4.78 is 1.26. The van der Waals surface area contributed by atoms with Crippen molar-refractivity contribution in [3.63, 3.8) is 0 Å². The van der Waals surface area contributed by atoms with Crippen molar-refractivity contribution >= 4 is 27.2 Å². The fraction of sp³-hybridized carbons (Fsp3) is 0.500. The monoisotopic (exact) mass is 261 g/mol. The Bertz CT molecular complexity index is 535. The molecule has 1 aliphatic rings. The first kappa shape index (κ1) is 11.9. The maximum Gasteiger partial charge on any atom is 0.0813 e. The topological polar surface area (TPSA) is 28.2 Å². The molecule has 1 atom stereocenters. The van der Waals surface area contributed by atoms with E-state index in [1.54, 1.807) is 11.3 Å². The highest BCUT2D eigenvalue weighted by Gasteiger charge is 2.23. The molecule has 1 unspecified atom stereocenters. The van der Waals surface area contributed by atoms with E-state index in [0.29, 0.717) is 12.1 Å². The fourth-order valence-corrected chi connectivity index (χ4v) is 3.27. The molecule has 18 heavy (non-hydrogen) atoms. The minimum atomic E-state index is 0.581. The number of hydrogen-bond donors (Lipinski definition) is 1. The molecule has 0 saturated carbocycles. The van der Waals surface area contributed by atoms with Gasteiger partial charge >= 0.3 is 0 Å². The van der Waals surface area contributed by atoms with Crippen LogP contribution in [-0.4, -0.2) is 35.1 Å². The Kier molecular flexibility index (Phi) is 3.22. The predicted octanol–water partition coefficient (Wildman–Crippen LogP) is 3.19. The van der Waals surface area contributed by atoms with E-state index < -0.39 is 0 Å². The zero-order valence-corrected chi connectivity index (χ0v) is 11.7. The second-order valence-corrected chi connectivity index (χ2v) is 6.14. The Morgan fingerprint density at radius 1 is 1.44 bits per heavy atom. The summed E-state index contributed by atoms with van der Waals surface area (Å²) in [7, 11) is 0. The number of likely N-dealkylation sites (tertiary alicyclic amines) is 1. The molecule has 0 aliphatic carbocycles. The van der Waals surface area contributed by atoms with Crippen molar-refractivity contribution in [3.8, 4) is 0 Å². The van der Waals surface area contributed by atoms with Gasteiger partial charge in [-0.1, -0.05) is 0 Å². The van der Waals surface area contributed by atoms with E-state index in [9.17, 15) is 0 Å². The molecule has 96 valence electrons. The maximum absolute atomic E-state index is 4.31. The second kappa shape index (κ2) is 4.86. The molecular weight excluding hydrogens is 242 g/mol. The van der Waals surface area contributed by atoms with Crippen LogP contribution in [0.3, 0.4) is 0 Å². The molecule has 0 radical (unpaired) electrons. The lowest BCUT2D eigenvalue weighted by molar-refractivity contribution is 0.274. The normalized spacial score (nSPS) is 20.9. The minimum Gasteiger partial charge on any atom is -0.381 e. The lowest BCUT2D eigenvalue weighted by atomic mass is 10.2. The van der Waals surface area contributed by atoms with Crippen LogP contribution in [0.5, 0.6) is 0 Å². The Labute approximate surface area is 112 Å². The summed E-state index contributed by atoms with van der Waals surface area (Å²) in [5, 5.41) is 3.64. The van der Waals surface area contributed by atoms with E-state index in [4.69, 9.17) is 0 Å². The molecular formula is C14H19N3S. The number of benzene rings is 1. The molecule has 2 aromatic rings. The Hall–Kier alpha value is -1.13. The van der Waals surface area contributed by atoms with Gasteiger partial charge in [0.1, 0.15) is 0 Å². The van der Waals surface area contributed by atoms with Crippen LogP contribution in [0.25, 0.3) is 10.2 Å². The van der Waals surface area contributed by atoms with Gasteiger partial charge in [0.05, 0.1) is 15.7 Å². The van der Waals surface area contributed by atoms with Crippen LogP contribution in [0, 0.1) is 0 Å². The minimum absolute atomic E-state index is 0.581. The van der Waals surface area contributed by atoms with E-state index in [-0.39, 0.29) is 0 Å². The van der Waals surface area contributed by atoms with Crippen molar-refractivity contribution in [3.05, 3.63) is 23.7 Å². The van der Waals surface area contributed by atoms with Gasteiger partial charge in [-0.05, 0) is 38.5 Å². The van der Waals surface area contributed by atoms with Gasteiger partial charge in [0.25, 0.3) is 0 Å². The molecule has 4 heteroatoms. The third-order valence-electron chi connectivity index (χ3n) is 3.65. The fourth-order valence-electron chi connectivity index (χ4n) is 2.55. The van der Waals surface area contributed by atoms with Crippen molar-refractivity contribution in [2.45, 2.75) is 32.4 Å². The highest BCUT2D eigenvalue weighted by Crippen LogP contribution is 2.24. The standard InChI is InChI=1S/C14H19N3S/c1-10(2)17-6-5-12(8-17)16-11-3-4-13-14(7-11)18-9-15-13/h3-4,7,9-10,12,16H,5-6,8H2,1-2H3. The molecule has 0 bridgehead atoms. The van der Waals surface area contributed by atoms with Crippen LogP contribution in [-0.2, 0) is 0 Å². The number of rotatable bonds is 3. The number of thiazole rings is 1. The number of aromatic nitrogens is 1. The van der Waals surface area contributed by atoms with Crippen LogP contribution >= 0.6 is 11.3 Å². The molecule has 3 nitrogen and oxygen atoms in total. The van der Waals surface area contributed by atoms with Crippen molar-refractivity contribution < 1.29 is 0 Å². The highest BCUT2D eigenvalue weighted by molar-refractivity contribution is 7.16. The highest BCUT2D eigenvalue weighted by atomic mass is 32.1. The Balaban J connectivity index is 1.69. The van der Waals surface area contributed by atoms with Crippen LogP contribution in [0.1, 0.15) is 20.3 Å². The third-order valence-corrected chi connectivity index (χ3v) is 4.44. The second-order valence-electron chi connectivity index (χ2n) is 5.25. The van der Waals surface area contributed by atoms with Gasteiger partial charge in [0.2, 0.25) is 0 Å². The molecule has 0 amide bonds. The van der Waals surface area contributed by atoms with Gasteiger partial charge in [0.15, 0.2) is 0 Å². The van der Waals surface area contributed by atoms with Gasteiger partial charge < -0.3 is 5.32 Å². The average Bonchev–Trinajstić information content (AvgIpc) is 2.96. The number of nitrogens with one attached hydrogen (secondary N) is 1. The molecule has 1 aliphatic heterocycles. The van der Waals surface area contributed by atoms with E-state index in [0.717, 1.165) is 12.1 Å². The SMILES string of the molecule is CC(C)N1CCC(Nc2ccc3ncsc3c2)C1. The van der Waals surface area contributed by atoms with Gasteiger partial charge in [-0.25, -0.2) is 4.98 Å². The zero-order chi connectivity index (χ0) is 12.5. The first-order valence-corrected chi connectivity index (χ1v) is 7.44. The molecule has 3 rings (SSSR count).